The Morgan fingerprint density at radius 3 is 2.86 bits per heavy atom. The zero-order valence-electron chi connectivity index (χ0n) is 3.69. The molecule has 1 unspecified atom stereocenters. The van der Waals surface area contributed by atoms with Gasteiger partial charge in [0.05, 0.1) is 5.03 Å². The van der Waals surface area contributed by atoms with Crippen molar-refractivity contribution >= 4 is 11.6 Å². The largest absolute Gasteiger partial charge is 0.373 e. The average molecular weight is 120 g/mol. The summed E-state index contributed by atoms with van der Waals surface area (Å²) in [5.41, 5.74) is 0. The Balaban J connectivity index is 2.54. The zero-order chi connectivity index (χ0) is 5.28. The van der Waals surface area contributed by atoms with E-state index >= 15 is 0 Å². The molecular formula is C4H6ClNO. The van der Waals surface area contributed by atoms with Crippen molar-refractivity contribution in [3.05, 3.63) is 11.1 Å². The number of rotatable bonds is 0. The van der Waals surface area contributed by atoms with E-state index in [1.165, 1.54) is 0 Å². The van der Waals surface area contributed by atoms with Crippen molar-refractivity contribution in [1.29, 1.82) is 0 Å². The minimum atomic E-state index is -0.610. The molecule has 0 amide bonds. The van der Waals surface area contributed by atoms with Crippen LogP contribution in [0.2, 0.25) is 0 Å². The molecule has 1 atom stereocenters. The van der Waals surface area contributed by atoms with Crippen LogP contribution in [0.25, 0.3) is 0 Å². The van der Waals surface area contributed by atoms with Gasteiger partial charge in [-0.3, -0.25) is 5.32 Å². The first kappa shape index (κ1) is 5.09. The molecule has 40 valence electrons. The molecule has 0 bridgehead atoms. The van der Waals surface area contributed by atoms with Crippen molar-refractivity contribution in [1.82, 2.24) is 5.32 Å². The maximum atomic E-state index is 8.69. The van der Waals surface area contributed by atoms with Crippen LogP contribution in [0.15, 0.2) is 11.1 Å². The van der Waals surface area contributed by atoms with Gasteiger partial charge in [-0.2, -0.15) is 0 Å². The van der Waals surface area contributed by atoms with Gasteiger partial charge < -0.3 is 5.11 Å². The predicted molar refractivity (Wildman–Crippen MR) is 27.9 cm³/mol. The topological polar surface area (TPSA) is 32.3 Å². The van der Waals surface area contributed by atoms with Crippen LogP contribution in [0.4, 0.5) is 0 Å². The molecular weight excluding hydrogens is 114 g/mol. The molecule has 0 saturated heterocycles. The van der Waals surface area contributed by atoms with Crippen LogP contribution in [0, 0.1) is 0 Å². The standard InChI is InChI=1S/C4H6ClNO/c5-3-1-2-6-4(3)7/h1,4,6-7H,2H2. The fraction of sp³-hybridized carbons (Fsp3) is 0.500. The van der Waals surface area contributed by atoms with Crippen LogP contribution < -0.4 is 5.32 Å². The number of hydrogen-bond acceptors (Lipinski definition) is 2. The number of nitrogens with one attached hydrogen (secondary N) is 1. The van der Waals surface area contributed by atoms with E-state index in [9.17, 15) is 0 Å². The predicted octanol–water partition coefficient (Wildman–Crippen LogP) is 0.0307. The molecule has 2 N–H and O–H groups in total. The van der Waals surface area contributed by atoms with Crippen LogP contribution in [-0.2, 0) is 0 Å². The van der Waals surface area contributed by atoms with Gasteiger partial charge in [0.15, 0.2) is 0 Å². The average Bonchev–Trinajstić information content (AvgIpc) is 1.91. The van der Waals surface area contributed by atoms with Crippen LogP contribution in [0.3, 0.4) is 0 Å². The van der Waals surface area contributed by atoms with Gasteiger partial charge in [-0.05, 0) is 0 Å². The lowest BCUT2D eigenvalue weighted by Gasteiger charge is -1.98. The van der Waals surface area contributed by atoms with Crippen molar-refractivity contribution in [3.8, 4) is 0 Å². The highest BCUT2D eigenvalue weighted by Crippen LogP contribution is 2.08. The zero-order valence-corrected chi connectivity index (χ0v) is 4.44. The van der Waals surface area contributed by atoms with Crippen molar-refractivity contribution in [3.63, 3.8) is 0 Å². The third-order valence-electron chi connectivity index (χ3n) is 0.869. The monoisotopic (exact) mass is 119 g/mol. The third-order valence-corrected chi connectivity index (χ3v) is 1.23. The first-order valence-electron chi connectivity index (χ1n) is 2.08. The summed E-state index contributed by atoms with van der Waals surface area (Å²) in [6.07, 6.45) is 1.13. The first-order chi connectivity index (χ1) is 3.30. The Hall–Kier alpha value is -0.0500. The van der Waals surface area contributed by atoms with Crippen LogP contribution >= 0.6 is 11.6 Å². The molecule has 2 nitrogen and oxygen atoms in total. The molecule has 0 aromatic carbocycles. The summed E-state index contributed by atoms with van der Waals surface area (Å²) in [5, 5.41) is 11.9. The fourth-order valence-corrected chi connectivity index (χ4v) is 0.631. The summed E-state index contributed by atoms with van der Waals surface area (Å²) < 4.78 is 0. The summed E-state index contributed by atoms with van der Waals surface area (Å²) >= 11 is 5.41. The van der Waals surface area contributed by atoms with Crippen molar-refractivity contribution in [2.24, 2.45) is 0 Å². The van der Waals surface area contributed by atoms with E-state index in [1.54, 1.807) is 6.08 Å². The lowest BCUT2D eigenvalue weighted by Crippen LogP contribution is -2.22. The van der Waals surface area contributed by atoms with E-state index in [0.29, 0.717) is 11.6 Å². The normalized spacial score (nSPS) is 30.6. The summed E-state index contributed by atoms with van der Waals surface area (Å²) in [7, 11) is 0. The minimum absolute atomic E-state index is 0.500. The second kappa shape index (κ2) is 1.82. The van der Waals surface area contributed by atoms with E-state index in [-0.39, 0.29) is 0 Å². The van der Waals surface area contributed by atoms with E-state index in [0.717, 1.165) is 0 Å². The Bertz CT molecular complexity index is 102. The van der Waals surface area contributed by atoms with E-state index < -0.39 is 6.23 Å². The van der Waals surface area contributed by atoms with Gasteiger partial charge in [0.1, 0.15) is 6.23 Å². The lowest BCUT2D eigenvalue weighted by molar-refractivity contribution is 0.195. The summed E-state index contributed by atoms with van der Waals surface area (Å²) in [5.74, 6) is 0. The molecule has 0 saturated carbocycles. The highest BCUT2D eigenvalue weighted by atomic mass is 35.5. The maximum Gasteiger partial charge on any atom is 0.141 e. The molecule has 0 aromatic rings. The van der Waals surface area contributed by atoms with Gasteiger partial charge in [-0.1, -0.05) is 17.7 Å². The lowest BCUT2D eigenvalue weighted by atomic mass is 10.5. The Morgan fingerprint density at radius 1 is 2.00 bits per heavy atom. The molecule has 1 rings (SSSR count). The first-order valence-corrected chi connectivity index (χ1v) is 2.45. The molecule has 1 aliphatic heterocycles. The molecule has 0 aliphatic carbocycles. The number of hydrogen-bond donors (Lipinski definition) is 2. The third kappa shape index (κ3) is 0.938. The van der Waals surface area contributed by atoms with Gasteiger partial charge in [0, 0.05) is 6.54 Å². The Morgan fingerprint density at radius 2 is 2.71 bits per heavy atom. The van der Waals surface area contributed by atoms with Crippen LogP contribution in [0.5, 0.6) is 0 Å². The van der Waals surface area contributed by atoms with Crippen molar-refractivity contribution in [2.75, 3.05) is 6.54 Å². The van der Waals surface area contributed by atoms with Crippen LogP contribution in [0.1, 0.15) is 0 Å². The number of aliphatic hydroxyl groups excluding tert-OH is 1. The molecule has 7 heavy (non-hydrogen) atoms. The second-order valence-corrected chi connectivity index (χ2v) is 1.84. The molecule has 1 aliphatic rings. The van der Waals surface area contributed by atoms with Gasteiger partial charge in [0.25, 0.3) is 0 Å². The molecule has 3 heteroatoms. The van der Waals surface area contributed by atoms with Gasteiger partial charge in [0.2, 0.25) is 0 Å². The van der Waals surface area contributed by atoms with Gasteiger partial charge in [-0.15, -0.1) is 0 Å². The summed E-state index contributed by atoms with van der Waals surface area (Å²) in [6, 6.07) is 0. The number of halogens is 1. The van der Waals surface area contributed by atoms with E-state index in [2.05, 4.69) is 5.32 Å². The van der Waals surface area contributed by atoms with Gasteiger partial charge in [-0.25, -0.2) is 0 Å². The quantitative estimate of drug-likeness (QED) is 0.472. The highest BCUT2D eigenvalue weighted by Gasteiger charge is 2.10. The molecule has 0 aromatic heterocycles. The molecule has 0 radical (unpaired) electrons. The Kier molecular flexibility index (Phi) is 1.32. The summed E-state index contributed by atoms with van der Waals surface area (Å²) in [4.78, 5) is 0. The minimum Gasteiger partial charge on any atom is -0.373 e. The highest BCUT2D eigenvalue weighted by molar-refractivity contribution is 6.30. The molecule has 0 fully saturated rings. The second-order valence-electron chi connectivity index (χ2n) is 1.40. The van der Waals surface area contributed by atoms with Crippen molar-refractivity contribution < 1.29 is 5.11 Å². The summed E-state index contributed by atoms with van der Waals surface area (Å²) in [6.45, 7) is 0.681. The van der Waals surface area contributed by atoms with Gasteiger partial charge >= 0.3 is 0 Å². The van der Waals surface area contributed by atoms with E-state index in [1.807, 2.05) is 0 Å². The fourth-order valence-electron chi connectivity index (χ4n) is 0.477. The maximum absolute atomic E-state index is 8.69. The SMILES string of the molecule is OC1NCC=C1Cl. The smallest absolute Gasteiger partial charge is 0.141 e. The van der Waals surface area contributed by atoms with Crippen molar-refractivity contribution in [2.45, 2.75) is 6.23 Å². The van der Waals surface area contributed by atoms with Crippen LogP contribution in [-0.4, -0.2) is 17.9 Å². The molecule has 1 heterocycles. The Labute approximate surface area is 46.8 Å². The van der Waals surface area contributed by atoms with E-state index in [4.69, 9.17) is 16.7 Å². The molecule has 0 spiro atoms. The number of aliphatic hydroxyl groups is 1.